The van der Waals surface area contributed by atoms with E-state index in [0.29, 0.717) is 6.04 Å². The summed E-state index contributed by atoms with van der Waals surface area (Å²) in [5.41, 5.74) is 0. The Bertz CT molecular complexity index is 61.9. The molecule has 9 heavy (non-hydrogen) atoms. The fraction of sp³-hybridized carbons (Fsp3) is 1.00. The van der Waals surface area contributed by atoms with E-state index in [9.17, 15) is 0 Å². The van der Waals surface area contributed by atoms with Crippen molar-refractivity contribution in [3.05, 3.63) is 0 Å². The molecule has 0 aromatic carbocycles. The molecule has 0 bridgehead atoms. The first-order valence-electron chi connectivity index (χ1n) is 3.44. The predicted octanol–water partition coefficient (Wildman–Crippen LogP) is 0.561. The molecule has 0 aromatic rings. The van der Waals surface area contributed by atoms with Crippen molar-refractivity contribution < 1.29 is 0 Å². The summed E-state index contributed by atoms with van der Waals surface area (Å²) in [6.07, 6.45) is 0. The van der Waals surface area contributed by atoms with Gasteiger partial charge in [-0.1, -0.05) is 0 Å². The van der Waals surface area contributed by atoms with Gasteiger partial charge in [0.25, 0.3) is 0 Å². The molecule has 0 fully saturated rings. The molecule has 55 valence electrons. The van der Waals surface area contributed by atoms with Crippen LogP contribution in [-0.4, -0.2) is 38.1 Å². The van der Waals surface area contributed by atoms with Gasteiger partial charge in [0.05, 0.1) is 0 Å². The monoisotopic (exact) mass is 129 g/mol. The van der Waals surface area contributed by atoms with E-state index in [4.69, 9.17) is 0 Å². The maximum atomic E-state index is 4.02. The van der Waals surface area contributed by atoms with Gasteiger partial charge in [0.15, 0.2) is 0 Å². The summed E-state index contributed by atoms with van der Waals surface area (Å²) in [6.45, 7) is 6.41. The lowest BCUT2D eigenvalue weighted by Crippen LogP contribution is -2.30. The zero-order chi connectivity index (χ0) is 7.28. The number of hydrogen-bond acceptors (Lipinski definition) is 1. The highest BCUT2D eigenvalue weighted by atomic mass is 15.1. The van der Waals surface area contributed by atoms with Gasteiger partial charge in [0, 0.05) is 26.2 Å². The Morgan fingerprint density at radius 1 is 1.44 bits per heavy atom. The van der Waals surface area contributed by atoms with Gasteiger partial charge in [0.1, 0.15) is 0 Å². The second kappa shape index (κ2) is 4.77. The van der Waals surface area contributed by atoms with Gasteiger partial charge < -0.3 is 4.90 Å². The lowest BCUT2D eigenvalue weighted by atomic mass is 10.3. The predicted molar refractivity (Wildman–Crippen MR) is 40.7 cm³/mol. The number of rotatable bonds is 4. The van der Waals surface area contributed by atoms with Crippen LogP contribution in [0.4, 0.5) is 0 Å². The molecule has 0 amide bonds. The number of likely N-dealkylation sites (N-methyl/N-ethyl adjacent to an activating group) is 2. The Morgan fingerprint density at radius 2 is 2.00 bits per heavy atom. The third-order valence-electron chi connectivity index (χ3n) is 1.56. The van der Waals surface area contributed by atoms with Crippen molar-refractivity contribution >= 4 is 0 Å². The smallest absolute Gasteiger partial charge is 0.0258 e. The molecule has 0 aliphatic rings. The van der Waals surface area contributed by atoms with Gasteiger partial charge >= 0.3 is 0 Å². The van der Waals surface area contributed by atoms with E-state index < -0.39 is 0 Å². The Labute approximate surface area is 58.2 Å². The van der Waals surface area contributed by atoms with Crippen LogP contribution in [0.1, 0.15) is 13.8 Å². The Morgan fingerprint density at radius 3 is 2.33 bits per heavy atom. The molecule has 1 radical (unpaired) electrons. The molecule has 0 heterocycles. The molecule has 0 saturated heterocycles. The van der Waals surface area contributed by atoms with Crippen LogP contribution >= 0.6 is 0 Å². The van der Waals surface area contributed by atoms with E-state index in [1.807, 2.05) is 7.05 Å². The maximum Gasteiger partial charge on any atom is 0.0258 e. The quantitative estimate of drug-likeness (QED) is 0.542. The SMILES string of the molecule is C[N]CCN(C)C(C)C. The molecule has 2 heteroatoms. The van der Waals surface area contributed by atoms with Crippen molar-refractivity contribution in [3.63, 3.8) is 0 Å². The third kappa shape index (κ3) is 4.43. The first-order chi connectivity index (χ1) is 4.18. The van der Waals surface area contributed by atoms with E-state index in [0.717, 1.165) is 13.1 Å². The Hall–Kier alpha value is -0.0800. The third-order valence-corrected chi connectivity index (χ3v) is 1.56. The van der Waals surface area contributed by atoms with E-state index in [1.165, 1.54) is 0 Å². The summed E-state index contributed by atoms with van der Waals surface area (Å²) in [5.74, 6) is 0. The van der Waals surface area contributed by atoms with Crippen LogP contribution in [-0.2, 0) is 0 Å². The van der Waals surface area contributed by atoms with Gasteiger partial charge in [0.2, 0.25) is 0 Å². The zero-order valence-corrected chi connectivity index (χ0v) is 6.89. The van der Waals surface area contributed by atoms with Gasteiger partial charge in [-0.05, 0) is 20.9 Å². The zero-order valence-electron chi connectivity index (χ0n) is 6.89. The summed E-state index contributed by atoms with van der Waals surface area (Å²) in [5, 5.41) is 4.02. The standard InChI is InChI=1S/C7H17N2/c1-7(2)9(4)6-5-8-3/h7H,5-6H2,1-4H3. The van der Waals surface area contributed by atoms with Crippen molar-refractivity contribution in [2.45, 2.75) is 19.9 Å². The molecule has 0 N–H and O–H groups in total. The lowest BCUT2D eigenvalue weighted by Gasteiger charge is -2.19. The van der Waals surface area contributed by atoms with Crippen LogP contribution < -0.4 is 5.32 Å². The fourth-order valence-corrected chi connectivity index (χ4v) is 0.516. The maximum absolute atomic E-state index is 4.02. The highest BCUT2D eigenvalue weighted by Crippen LogP contribution is 1.90. The second-order valence-corrected chi connectivity index (χ2v) is 2.61. The van der Waals surface area contributed by atoms with Gasteiger partial charge in [-0.25, -0.2) is 5.32 Å². The molecule has 0 unspecified atom stereocenters. The van der Waals surface area contributed by atoms with Gasteiger partial charge in [-0.15, -0.1) is 0 Å². The van der Waals surface area contributed by atoms with E-state index in [1.54, 1.807) is 0 Å². The van der Waals surface area contributed by atoms with Crippen molar-refractivity contribution in [1.29, 1.82) is 0 Å². The topological polar surface area (TPSA) is 17.3 Å². The van der Waals surface area contributed by atoms with Crippen molar-refractivity contribution in [3.8, 4) is 0 Å². The number of nitrogens with zero attached hydrogens (tertiary/aromatic N) is 2. The fourth-order valence-electron chi connectivity index (χ4n) is 0.516. The lowest BCUT2D eigenvalue weighted by molar-refractivity contribution is 0.275. The Kier molecular flexibility index (Phi) is 4.72. The van der Waals surface area contributed by atoms with Crippen LogP contribution in [0.25, 0.3) is 0 Å². The minimum atomic E-state index is 0.645. The van der Waals surface area contributed by atoms with Crippen LogP contribution in [0, 0.1) is 0 Å². The summed E-state index contributed by atoms with van der Waals surface area (Å²) in [6, 6.07) is 0.645. The molecule has 0 saturated carbocycles. The van der Waals surface area contributed by atoms with E-state index >= 15 is 0 Å². The average Bonchev–Trinajstić information content (AvgIpc) is 1.82. The molecular formula is C7H17N2. The molecule has 0 spiro atoms. The van der Waals surface area contributed by atoms with E-state index in [2.05, 4.69) is 31.1 Å². The van der Waals surface area contributed by atoms with Crippen molar-refractivity contribution in [2.75, 3.05) is 27.2 Å². The van der Waals surface area contributed by atoms with Crippen molar-refractivity contribution in [2.24, 2.45) is 0 Å². The Balaban J connectivity index is 3.16. The molecule has 0 rings (SSSR count). The van der Waals surface area contributed by atoms with Crippen LogP contribution in [0.2, 0.25) is 0 Å². The molecule has 0 aliphatic carbocycles. The molecule has 0 aliphatic heterocycles. The summed E-state index contributed by atoms with van der Waals surface area (Å²) < 4.78 is 0. The minimum absolute atomic E-state index is 0.645. The molecule has 0 aromatic heterocycles. The highest BCUT2D eigenvalue weighted by Gasteiger charge is 1.99. The highest BCUT2D eigenvalue weighted by molar-refractivity contribution is 4.56. The second-order valence-electron chi connectivity index (χ2n) is 2.61. The molecule has 0 atom stereocenters. The minimum Gasteiger partial charge on any atom is -0.303 e. The van der Waals surface area contributed by atoms with Crippen LogP contribution in [0.5, 0.6) is 0 Å². The summed E-state index contributed by atoms with van der Waals surface area (Å²) in [7, 11) is 3.98. The summed E-state index contributed by atoms with van der Waals surface area (Å²) >= 11 is 0. The largest absolute Gasteiger partial charge is 0.303 e. The van der Waals surface area contributed by atoms with E-state index in [-0.39, 0.29) is 0 Å². The normalized spacial score (nSPS) is 11.3. The number of hydrogen-bond donors (Lipinski definition) is 0. The first-order valence-corrected chi connectivity index (χ1v) is 3.44. The first kappa shape index (κ1) is 8.92. The van der Waals surface area contributed by atoms with Crippen molar-refractivity contribution in [1.82, 2.24) is 10.2 Å². The summed E-state index contributed by atoms with van der Waals surface area (Å²) in [4.78, 5) is 2.28. The molecular weight excluding hydrogens is 112 g/mol. The van der Waals surface area contributed by atoms with Gasteiger partial charge in [-0.3, -0.25) is 0 Å². The van der Waals surface area contributed by atoms with Crippen LogP contribution in [0.3, 0.4) is 0 Å². The molecule has 2 nitrogen and oxygen atoms in total. The van der Waals surface area contributed by atoms with Crippen LogP contribution in [0.15, 0.2) is 0 Å². The van der Waals surface area contributed by atoms with Gasteiger partial charge in [-0.2, -0.15) is 0 Å². The average molecular weight is 129 g/mol.